The van der Waals surface area contributed by atoms with Gasteiger partial charge in [0.25, 0.3) is 0 Å². The summed E-state index contributed by atoms with van der Waals surface area (Å²) in [6.45, 7) is 11.3. The Morgan fingerprint density at radius 1 is 0.935 bits per heavy atom. The Bertz CT molecular complexity index is 849. The zero-order valence-corrected chi connectivity index (χ0v) is 20.2. The van der Waals surface area contributed by atoms with Gasteiger partial charge in [-0.25, -0.2) is 0 Å². The van der Waals surface area contributed by atoms with E-state index in [0.29, 0.717) is 0 Å². The minimum Gasteiger partial charge on any atom is -0.460 e. The molecule has 2 aromatic carbocycles. The molecule has 3 heteroatoms. The van der Waals surface area contributed by atoms with Gasteiger partial charge in [0, 0.05) is 12.1 Å². The van der Waals surface area contributed by atoms with Gasteiger partial charge in [-0.05, 0) is 77.1 Å². The quantitative estimate of drug-likeness (QED) is 0.488. The van der Waals surface area contributed by atoms with Gasteiger partial charge in [0.15, 0.2) is 0 Å². The highest BCUT2D eigenvalue weighted by molar-refractivity contribution is 5.74. The molecule has 3 rings (SSSR count). The van der Waals surface area contributed by atoms with Crippen LogP contribution in [0, 0.1) is 5.92 Å². The molecule has 31 heavy (non-hydrogen) atoms. The molecule has 0 unspecified atom stereocenters. The highest BCUT2D eigenvalue weighted by Gasteiger charge is 2.35. The Morgan fingerprint density at radius 3 is 2.16 bits per heavy atom. The van der Waals surface area contributed by atoms with Crippen molar-refractivity contribution in [2.45, 2.75) is 83.9 Å². The molecule has 0 spiro atoms. The van der Waals surface area contributed by atoms with Crippen LogP contribution in [0.5, 0.6) is 0 Å². The van der Waals surface area contributed by atoms with Gasteiger partial charge in [-0.15, -0.1) is 0 Å². The molecule has 2 aromatic rings. The molecule has 0 amide bonds. The third-order valence-electron chi connectivity index (χ3n) is 6.74. The second kappa shape index (κ2) is 9.56. The van der Waals surface area contributed by atoms with E-state index in [9.17, 15) is 4.79 Å². The van der Waals surface area contributed by atoms with E-state index < -0.39 is 5.60 Å². The van der Waals surface area contributed by atoms with Gasteiger partial charge in [-0.1, -0.05) is 67.4 Å². The van der Waals surface area contributed by atoms with Gasteiger partial charge in [0.05, 0.1) is 5.92 Å². The summed E-state index contributed by atoms with van der Waals surface area (Å²) in [5.74, 6) is 0.195. The van der Waals surface area contributed by atoms with Crippen molar-refractivity contribution in [3.05, 3.63) is 71.3 Å². The van der Waals surface area contributed by atoms with Crippen LogP contribution in [-0.4, -0.2) is 23.5 Å². The lowest BCUT2D eigenvalue weighted by Gasteiger charge is -2.36. The summed E-state index contributed by atoms with van der Waals surface area (Å²) in [7, 11) is 2.18. The van der Waals surface area contributed by atoms with Crippen molar-refractivity contribution >= 4 is 5.97 Å². The van der Waals surface area contributed by atoms with Gasteiger partial charge >= 0.3 is 5.97 Å². The van der Waals surface area contributed by atoms with Crippen LogP contribution in [-0.2, 0) is 21.6 Å². The van der Waals surface area contributed by atoms with E-state index in [1.807, 2.05) is 20.8 Å². The summed E-state index contributed by atoms with van der Waals surface area (Å²) in [6.07, 6.45) is 4.27. The fourth-order valence-corrected chi connectivity index (χ4v) is 4.60. The normalized spacial score (nSPS) is 20.0. The first kappa shape index (κ1) is 23.5. The Hall–Kier alpha value is -2.13. The first-order chi connectivity index (χ1) is 14.6. The molecular formula is C28H39NO2. The van der Waals surface area contributed by atoms with Crippen molar-refractivity contribution in [1.29, 1.82) is 0 Å². The Kier molecular flexibility index (Phi) is 7.26. The summed E-state index contributed by atoms with van der Waals surface area (Å²) < 4.78 is 5.74. The summed E-state index contributed by atoms with van der Waals surface area (Å²) in [5, 5.41) is 0. The highest BCUT2D eigenvalue weighted by atomic mass is 16.6. The average molecular weight is 422 g/mol. The van der Waals surface area contributed by atoms with Gasteiger partial charge < -0.3 is 4.74 Å². The Balaban J connectivity index is 1.70. The smallest absolute Gasteiger partial charge is 0.310 e. The molecule has 0 aliphatic heterocycles. The molecule has 3 nitrogen and oxygen atoms in total. The number of hydrogen-bond acceptors (Lipinski definition) is 3. The standard InChI is InChI=1S/C28H39NO2/c1-27(2,3)31-26(30)25-15-11-10-14-24(25)22-18-16-21(17-19-22)20-29(6)28(4,5)23-12-8-7-9-13-23/h7-9,12-13,16-19,24-25H,10-11,14-15,20H2,1-6H3/t24-,25+/m1/s1. The number of carbonyl (C=O) groups is 1. The third kappa shape index (κ3) is 5.98. The predicted molar refractivity (Wildman–Crippen MR) is 128 cm³/mol. The molecule has 1 aliphatic rings. The Morgan fingerprint density at radius 2 is 1.55 bits per heavy atom. The molecule has 1 aliphatic carbocycles. The fraction of sp³-hybridized carbons (Fsp3) is 0.536. The minimum absolute atomic E-state index is 0.0292. The summed E-state index contributed by atoms with van der Waals surface area (Å²) in [5.41, 5.74) is 3.39. The lowest BCUT2D eigenvalue weighted by molar-refractivity contribution is -0.161. The van der Waals surface area contributed by atoms with Gasteiger partial charge in [0.2, 0.25) is 0 Å². The second-order valence-corrected chi connectivity index (χ2v) is 10.6. The lowest BCUT2D eigenvalue weighted by Crippen LogP contribution is -2.38. The van der Waals surface area contributed by atoms with E-state index in [4.69, 9.17) is 4.74 Å². The molecular weight excluding hydrogens is 382 g/mol. The molecule has 0 aromatic heterocycles. The van der Waals surface area contributed by atoms with Gasteiger partial charge in [0.1, 0.15) is 5.60 Å². The topological polar surface area (TPSA) is 29.5 Å². The summed E-state index contributed by atoms with van der Waals surface area (Å²) >= 11 is 0. The fourth-order valence-electron chi connectivity index (χ4n) is 4.60. The second-order valence-electron chi connectivity index (χ2n) is 10.6. The van der Waals surface area contributed by atoms with Crippen LogP contribution >= 0.6 is 0 Å². The van der Waals surface area contributed by atoms with Crippen LogP contribution in [0.15, 0.2) is 54.6 Å². The summed E-state index contributed by atoms with van der Waals surface area (Å²) in [4.78, 5) is 15.2. The molecule has 1 saturated carbocycles. The largest absolute Gasteiger partial charge is 0.460 e. The van der Waals surface area contributed by atoms with Crippen molar-refractivity contribution in [3.63, 3.8) is 0 Å². The SMILES string of the molecule is CN(Cc1ccc([C@H]2CCCC[C@@H]2C(=O)OC(C)(C)C)cc1)C(C)(C)c1ccccc1. The first-order valence-corrected chi connectivity index (χ1v) is 11.7. The number of benzene rings is 2. The maximum atomic E-state index is 12.8. The van der Waals surface area contributed by atoms with Crippen LogP contribution < -0.4 is 0 Å². The average Bonchev–Trinajstić information content (AvgIpc) is 2.73. The number of carbonyl (C=O) groups excluding carboxylic acids is 1. The summed E-state index contributed by atoms with van der Waals surface area (Å²) in [6, 6.07) is 19.6. The van der Waals surface area contributed by atoms with Crippen molar-refractivity contribution in [2.24, 2.45) is 5.92 Å². The maximum absolute atomic E-state index is 12.8. The monoisotopic (exact) mass is 421 g/mol. The zero-order valence-electron chi connectivity index (χ0n) is 20.2. The number of hydrogen-bond donors (Lipinski definition) is 0. The number of rotatable bonds is 6. The number of esters is 1. The number of ether oxygens (including phenoxy) is 1. The van der Waals surface area contributed by atoms with Crippen LogP contribution in [0.3, 0.4) is 0 Å². The van der Waals surface area contributed by atoms with Crippen LogP contribution in [0.25, 0.3) is 0 Å². The third-order valence-corrected chi connectivity index (χ3v) is 6.74. The van der Waals surface area contributed by atoms with Crippen molar-refractivity contribution in [2.75, 3.05) is 7.05 Å². The maximum Gasteiger partial charge on any atom is 0.310 e. The van der Waals surface area contributed by atoms with E-state index in [2.05, 4.69) is 80.4 Å². The number of nitrogens with zero attached hydrogens (tertiary/aromatic N) is 1. The molecule has 0 heterocycles. The highest BCUT2D eigenvalue weighted by Crippen LogP contribution is 2.39. The molecule has 1 fully saturated rings. The molecule has 0 N–H and O–H groups in total. The lowest BCUT2D eigenvalue weighted by atomic mass is 9.75. The Labute approximate surface area is 188 Å². The molecule has 0 bridgehead atoms. The van der Waals surface area contributed by atoms with Crippen molar-refractivity contribution in [1.82, 2.24) is 4.90 Å². The predicted octanol–water partition coefficient (Wildman–Crippen LogP) is 6.67. The molecule has 2 atom stereocenters. The van der Waals surface area contributed by atoms with Gasteiger partial charge in [-0.2, -0.15) is 0 Å². The molecule has 0 saturated heterocycles. The van der Waals surface area contributed by atoms with E-state index in [1.54, 1.807) is 0 Å². The minimum atomic E-state index is -0.431. The molecule has 168 valence electrons. The van der Waals surface area contributed by atoms with Crippen molar-refractivity contribution in [3.8, 4) is 0 Å². The first-order valence-electron chi connectivity index (χ1n) is 11.7. The van der Waals surface area contributed by atoms with E-state index >= 15 is 0 Å². The van der Waals surface area contributed by atoms with Gasteiger partial charge in [-0.3, -0.25) is 9.69 Å². The van der Waals surface area contributed by atoms with Crippen molar-refractivity contribution < 1.29 is 9.53 Å². The van der Waals surface area contributed by atoms with Crippen LogP contribution in [0.1, 0.15) is 82.9 Å². The van der Waals surface area contributed by atoms with E-state index in [0.717, 1.165) is 25.8 Å². The van der Waals surface area contributed by atoms with E-state index in [1.165, 1.54) is 23.1 Å². The molecule has 0 radical (unpaired) electrons. The van der Waals surface area contributed by atoms with Crippen LogP contribution in [0.2, 0.25) is 0 Å². The van der Waals surface area contributed by atoms with Crippen LogP contribution in [0.4, 0.5) is 0 Å². The van der Waals surface area contributed by atoms with E-state index in [-0.39, 0.29) is 23.3 Å². The zero-order chi connectivity index (χ0) is 22.6.